The number of anilines is 1. The van der Waals surface area contributed by atoms with Crippen LogP contribution < -0.4 is 4.90 Å². The summed E-state index contributed by atoms with van der Waals surface area (Å²) in [6.45, 7) is 3.15. The molecule has 1 aliphatic heterocycles. The number of carbonyl (C=O) groups excluding carboxylic acids is 1. The maximum absolute atomic E-state index is 11.5. The number of hydrogen-bond donors (Lipinski definition) is 1. The van der Waals surface area contributed by atoms with E-state index in [0.29, 0.717) is 18.7 Å². The van der Waals surface area contributed by atoms with Crippen LogP contribution in [0.25, 0.3) is 0 Å². The zero-order valence-corrected chi connectivity index (χ0v) is 11.2. The van der Waals surface area contributed by atoms with Gasteiger partial charge in [-0.3, -0.25) is 0 Å². The molecule has 1 unspecified atom stereocenters. The fraction of sp³-hybridized carbons (Fsp3) is 0.692. The van der Waals surface area contributed by atoms with Gasteiger partial charge in [0.1, 0.15) is 6.26 Å². The van der Waals surface area contributed by atoms with Gasteiger partial charge in [-0.2, -0.15) is 4.98 Å². The van der Waals surface area contributed by atoms with Crippen LogP contribution in [0.1, 0.15) is 43.1 Å². The smallest absolute Gasteiger partial charge is 0.360 e. The average Bonchev–Trinajstić information content (AvgIpc) is 3.05. The summed E-state index contributed by atoms with van der Waals surface area (Å²) in [5, 5.41) is 8.90. The Bertz CT molecular complexity index is 419. The minimum absolute atomic E-state index is 0.198. The monoisotopic (exact) mass is 268 g/mol. The van der Waals surface area contributed by atoms with Crippen LogP contribution in [-0.2, 0) is 4.74 Å². The van der Waals surface area contributed by atoms with Gasteiger partial charge in [-0.15, -0.1) is 0 Å². The number of nitrogens with zero attached hydrogens (tertiary/aromatic N) is 2. The topological polar surface area (TPSA) is 75.8 Å². The van der Waals surface area contributed by atoms with Crippen molar-refractivity contribution >= 4 is 12.0 Å². The lowest BCUT2D eigenvalue weighted by atomic mass is 10.1. The first-order chi connectivity index (χ1) is 9.26. The second-order valence-electron chi connectivity index (χ2n) is 4.59. The van der Waals surface area contributed by atoms with Gasteiger partial charge in [0.25, 0.3) is 6.01 Å². The van der Waals surface area contributed by atoms with Crippen LogP contribution >= 0.6 is 0 Å². The highest BCUT2D eigenvalue weighted by atomic mass is 16.5. The van der Waals surface area contributed by atoms with Gasteiger partial charge in [0.2, 0.25) is 0 Å². The Balaban J connectivity index is 2.02. The molecule has 1 saturated heterocycles. The molecule has 6 heteroatoms. The van der Waals surface area contributed by atoms with E-state index in [1.807, 2.05) is 0 Å². The summed E-state index contributed by atoms with van der Waals surface area (Å²) in [6, 6.07) is 0.810. The molecule has 0 radical (unpaired) electrons. The molecule has 0 saturated carbocycles. The van der Waals surface area contributed by atoms with E-state index >= 15 is 0 Å². The molecular formula is C13H20N2O4. The first kappa shape index (κ1) is 13.9. The van der Waals surface area contributed by atoms with Crippen LogP contribution in [0.5, 0.6) is 0 Å². The Kier molecular flexibility index (Phi) is 4.79. The molecule has 1 atom stereocenters. The first-order valence-corrected chi connectivity index (χ1v) is 6.76. The molecule has 19 heavy (non-hydrogen) atoms. The fourth-order valence-electron chi connectivity index (χ4n) is 2.41. The zero-order chi connectivity index (χ0) is 13.7. The highest BCUT2D eigenvalue weighted by molar-refractivity contribution is 5.87. The Hall–Kier alpha value is -1.56. The van der Waals surface area contributed by atoms with Gasteiger partial charge in [0.15, 0.2) is 5.69 Å². The molecule has 1 fully saturated rings. The van der Waals surface area contributed by atoms with Crippen molar-refractivity contribution in [2.75, 3.05) is 24.7 Å². The maximum atomic E-state index is 11.5. The Morgan fingerprint density at radius 2 is 2.53 bits per heavy atom. The van der Waals surface area contributed by atoms with Crippen LogP contribution in [0.2, 0.25) is 0 Å². The first-order valence-electron chi connectivity index (χ1n) is 6.76. The molecule has 1 aliphatic rings. The quantitative estimate of drug-likeness (QED) is 0.790. The standard InChI is InChI=1S/C13H20N2O4/c1-2-18-12(17)11-9-19-13(14-11)15-7-3-5-10(15)6-4-8-16/h9-10,16H,2-8H2,1H3. The van der Waals surface area contributed by atoms with Crippen molar-refractivity contribution in [1.82, 2.24) is 4.98 Å². The van der Waals surface area contributed by atoms with Crippen molar-refractivity contribution in [2.45, 2.75) is 38.6 Å². The van der Waals surface area contributed by atoms with E-state index in [9.17, 15) is 4.79 Å². The number of aliphatic hydroxyl groups is 1. The number of aliphatic hydroxyl groups excluding tert-OH is 1. The molecule has 1 aromatic heterocycles. The van der Waals surface area contributed by atoms with Gasteiger partial charge in [-0.05, 0) is 32.6 Å². The maximum Gasteiger partial charge on any atom is 0.360 e. The van der Waals surface area contributed by atoms with Gasteiger partial charge in [0, 0.05) is 19.2 Å². The van der Waals surface area contributed by atoms with E-state index in [1.54, 1.807) is 6.92 Å². The molecule has 2 rings (SSSR count). The fourth-order valence-corrected chi connectivity index (χ4v) is 2.41. The lowest BCUT2D eigenvalue weighted by molar-refractivity contribution is 0.0519. The molecule has 1 N–H and O–H groups in total. The molecular weight excluding hydrogens is 248 g/mol. The van der Waals surface area contributed by atoms with Crippen molar-refractivity contribution in [3.05, 3.63) is 12.0 Å². The Morgan fingerprint density at radius 1 is 1.68 bits per heavy atom. The van der Waals surface area contributed by atoms with E-state index in [0.717, 1.165) is 32.2 Å². The second kappa shape index (κ2) is 6.56. The summed E-state index contributed by atoms with van der Waals surface area (Å²) in [4.78, 5) is 17.8. The lowest BCUT2D eigenvalue weighted by Crippen LogP contribution is -2.29. The van der Waals surface area contributed by atoms with E-state index in [1.165, 1.54) is 6.26 Å². The summed E-state index contributed by atoms with van der Waals surface area (Å²) >= 11 is 0. The number of hydrogen-bond acceptors (Lipinski definition) is 6. The summed E-state index contributed by atoms with van der Waals surface area (Å²) in [7, 11) is 0. The van der Waals surface area contributed by atoms with Gasteiger partial charge < -0.3 is 19.2 Å². The third-order valence-electron chi connectivity index (χ3n) is 3.29. The van der Waals surface area contributed by atoms with E-state index < -0.39 is 5.97 Å². The van der Waals surface area contributed by atoms with Gasteiger partial charge in [-0.1, -0.05) is 0 Å². The van der Waals surface area contributed by atoms with Crippen LogP contribution in [-0.4, -0.2) is 41.9 Å². The number of ether oxygens (including phenoxy) is 1. The second-order valence-corrected chi connectivity index (χ2v) is 4.59. The summed E-state index contributed by atoms with van der Waals surface area (Å²) in [5.41, 5.74) is 0.213. The summed E-state index contributed by atoms with van der Waals surface area (Å²) in [6.07, 6.45) is 5.17. The van der Waals surface area contributed by atoms with E-state index in [4.69, 9.17) is 14.3 Å². The number of rotatable bonds is 6. The molecule has 106 valence electrons. The largest absolute Gasteiger partial charge is 0.461 e. The molecule has 2 heterocycles. The SMILES string of the molecule is CCOC(=O)c1coc(N2CCCC2CCCO)n1. The van der Waals surface area contributed by atoms with Gasteiger partial charge in [-0.25, -0.2) is 4.79 Å². The molecule has 0 aromatic carbocycles. The van der Waals surface area contributed by atoms with Crippen LogP contribution in [0.15, 0.2) is 10.7 Å². The summed E-state index contributed by atoms with van der Waals surface area (Å²) < 4.78 is 10.3. The van der Waals surface area contributed by atoms with Crippen molar-refractivity contribution in [3.63, 3.8) is 0 Å². The van der Waals surface area contributed by atoms with Crippen molar-refractivity contribution < 1.29 is 19.1 Å². The van der Waals surface area contributed by atoms with Gasteiger partial charge >= 0.3 is 5.97 Å². The number of aromatic nitrogens is 1. The van der Waals surface area contributed by atoms with Crippen molar-refractivity contribution in [3.8, 4) is 0 Å². The van der Waals surface area contributed by atoms with Crippen molar-refractivity contribution in [2.24, 2.45) is 0 Å². The lowest BCUT2D eigenvalue weighted by Gasteiger charge is -2.22. The van der Waals surface area contributed by atoms with E-state index in [2.05, 4.69) is 9.88 Å². The molecule has 0 aliphatic carbocycles. The predicted octanol–water partition coefficient (Wildman–Crippen LogP) is 1.59. The van der Waals surface area contributed by atoms with E-state index in [-0.39, 0.29) is 12.3 Å². The molecule has 1 aromatic rings. The minimum atomic E-state index is -0.455. The Morgan fingerprint density at radius 3 is 3.26 bits per heavy atom. The summed E-state index contributed by atoms with van der Waals surface area (Å²) in [5.74, 6) is -0.455. The molecule has 0 bridgehead atoms. The van der Waals surface area contributed by atoms with Crippen LogP contribution in [0.3, 0.4) is 0 Å². The van der Waals surface area contributed by atoms with Crippen LogP contribution in [0, 0.1) is 0 Å². The average molecular weight is 268 g/mol. The zero-order valence-electron chi connectivity index (χ0n) is 11.2. The predicted molar refractivity (Wildman–Crippen MR) is 69.1 cm³/mol. The number of carbonyl (C=O) groups is 1. The molecule has 0 amide bonds. The highest BCUT2D eigenvalue weighted by Gasteiger charge is 2.28. The molecule has 0 spiro atoms. The molecule has 6 nitrogen and oxygen atoms in total. The third-order valence-corrected chi connectivity index (χ3v) is 3.29. The number of oxazole rings is 1. The Labute approximate surface area is 112 Å². The van der Waals surface area contributed by atoms with Crippen molar-refractivity contribution in [1.29, 1.82) is 0 Å². The highest BCUT2D eigenvalue weighted by Crippen LogP contribution is 2.27. The third kappa shape index (κ3) is 3.26. The normalized spacial score (nSPS) is 18.8. The number of esters is 1. The van der Waals surface area contributed by atoms with Crippen LogP contribution in [0.4, 0.5) is 6.01 Å². The van der Waals surface area contributed by atoms with Gasteiger partial charge in [0.05, 0.1) is 6.61 Å². The minimum Gasteiger partial charge on any atom is -0.461 e.